The zero-order valence-corrected chi connectivity index (χ0v) is 7.95. The zero-order valence-electron chi connectivity index (χ0n) is 7.95. The van der Waals surface area contributed by atoms with Crippen LogP contribution >= 0.6 is 0 Å². The largest absolute Gasteiger partial charge is 0.320 e. The molecule has 0 spiro atoms. The van der Waals surface area contributed by atoms with E-state index in [1.807, 2.05) is 24.3 Å². The van der Waals surface area contributed by atoms with Crippen LogP contribution in [0.25, 0.3) is 0 Å². The van der Waals surface area contributed by atoms with Gasteiger partial charge in [0.05, 0.1) is 12.0 Å². The topological polar surface area (TPSA) is 43.1 Å². The summed E-state index contributed by atoms with van der Waals surface area (Å²) >= 11 is 0. The molecule has 0 aromatic heterocycles. The summed E-state index contributed by atoms with van der Waals surface area (Å²) in [6, 6.07) is 7.02. The van der Waals surface area contributed by atoms with Crippen molar-refractivity contribution in [3.8, 4) is 11.8 Å². The number of ketones is 1. The molecular weight excluding hydrogens is 174 g/mol. The second-order valence-electron chi connectivity index (χ2n) is 3.35. The molecule has 1 aromatic rings. The number of carbonyl (C=O) groups excluding carboxylic acids is 1. The van der Waals surface area contributed by atoms with Crippen molar-refractivity contribution in [3.05, 3.63) is 35.4 Å². The molecule has 1 aliphatic rings. The molecule has 0 amide bonds. The highest BCUT2D eigenvalue weighted by atomic mass is 16.1. The van der Waals surface area contributed by atoms with Gasteiger partial charge in [-0.2, -0.15) is 0 Å². The van der Waals surface area contributed by atoms with Gasteiger partial charge in [0.15, 0.2) is 5.78 Å². The van der Waals surface area contributed by atoms with E-state index in [2.05, 4.69) is 11.8 Å². The number of hydrogen-bond acceptors (Lipinski definition) is 2. The van der Waals surface area contributed by atoms with Gasteiger partial charge in [-0.25, -0.2) is 0 Å². The van der Waals surface area contributed by atoms with Crippen molar-refractivity contribution < 1.29 is 4.79 Å². The molecule has 70 valence electrons. The predicted octanol–water partition coefficient (Wildman–Crippen LogP) is 1.32. The minimum Gasteiger partial charge on any atom is -0.320 e. The standard InChI is InChI=1S/C12H11NO/c1-2-5-9-8-6-3-4-7-10(8)12(14)11(9)13/h3-4,6-7,9,11H,13H2,1H3. The summed E-state index contributed by atoms with van der Waals surface area (Å²) in [4.78, 5) is 11.7. The van der Waals surface area contributed by atoms with E-state index in [4.69, 9.17) is 5.73 Å². The quantitative estimate of drug-likeness (QED) is 0.619. The molecular formula is C12H11NO. The first-order chi connectivity index (χ1) is 6.75. The third-order valence-corrected chi connectivity index (χ3v) is 2.52. The Morgan fingerprint density at radius 3 is 2.79 bits per heavy atom. The van der Waals surface area contributed by atoms with Crippen LogP contribution in [0.2, 0.25) is 0 Å². The lowest BCUT2D eigenvalue weighted by atomic mass is 10.00. The summed E-state index contributed by atoms with van der Waals surface area (Å²) in [5.41, 5.74) is 7.51. The maximum atomic E-state index is 11.7. The molecule has 14 heavy (non-hydrogen) atoms. The molecule has 2 rings (SSSR count). The van der Waals surface area contributed by atoms with Crippen molar-refractivity contribution >= 4 is 5.78 Å². The van der Waals surface area contributed by atoms with Crippen LogP contribution in [0, 0.1) is 11.8 Å². The summed E-state index contributed by atoms with van der Waals surface area (Å²) in [5.74, 6) is 5.69. The lowest BCUT2D eigenvalue weighted by Crippen LogP contribution is -2.29. The highest BCUT2D eigenvalue weighted by Gasteiger charge is 2.35. The molecule has 2 heteroatoms. The number of carbonyl (C=O) groups is 1. The lowest BCUT2D eigenvalue weighted by Gasteiger charge is -2.06. The Kier molecular flexibility index (Phi) is 2.11. The minimum atomic E-state index is -0.486. The fourth-order valence-corrected chi connectivity index (χ4v) is 1.84. The van der Waals surface area contributed by atoms with E-state index in [-0.39, 0.29) is 11.7 Å². The van der Waals surface area contributed by atoms with Gasteiger partial charge in [0.1, 0.15) is 0 Å². The molecule has 2 atom stereocenters. The van der Waals surface area contributed by atoms with Crippen LogP contribution in [0.5, 0.6) is 0 Å². The second-order valence-corrected chi connectivity index (χ2v) is 3.35. The highest BCUT2D eigenvalue weighted by molar-refractivity contribution is 6.06. The van der Waals surface area contributed by atoms with Gasteiger partial charge in [-0.3, -0.25) is 4.79 Å². The Hall–Kier alpha value is -1.59. The number of fused-ring (bicyclic) bond motifs is 1. The van der Waals surface area contributed by atoms with E-state index in [0.717, 1.165) is 11.1 Å². The van der Waals surface area contributed by atoms with Crippen LogP contribution in [-0.4, -0.2) is 11.8 Å². The Labute approximate surface area is 83.1 Å². The average molecular weight is 185 g/mol. The Morgan fingerprint density at radius 2 is 2.07 bits per heavy atom. The smallest absolute Gasteiger partial charge is 0.181 e. The van der Waals surface area contributed by atoms with Crippen LogP contribution in [-0.2, 0) is 0 Å². The number of nitrogens with two attached hydrogens (primary N) is 1. The van der Waals surface area contributed by atoms with Crippen LogP contribution < -0.4 is 5.73 Å². The zero-order chi connectivity index (χ0) is 10.1. The Morgan fingerprint density at radius 1 is 1.36 bits per heavy atom. The van der Waals surface area contributed by atoms with E-state index >= 15 is 0 Å². The molecule has 0 heterocycles. The summed E-state index contributed by atoms with van der Waals surface area (Å²) in [7, 11) is 0. The molecule has 1 aromatic carbocycles. The predicted molar refractivity (Wildman–Crippen MR) is 54.9 cm³/mol. The van der Waals surface area contributed by atoms with Gasteiger partial charge in [-0.15, -0.1) is 5.92 Å². The second kappa shape index (κ2) is 3.28. The van der Waals surface area contributed by atoms with Crippen LogP contribution in [0.1, 0.15) is 28.8 Å². The maximum Gasteiger partial charge on any atom is 0.181 e. The fourth-order valence-electron chi connectivity index (χ4n) is 1.84. The van der Waals surface area contributed by atoms with Crippen molar-refractivity contribution in [2.24, 2.45) is 5.73 Å². The molecule has 0 saturated heterocycles. The maximum absolute atomic E-state index is 11.7. The van der Waals surface area contributed by atoms with Crippen molar-refractivity contribution in [2.75, 3.05) is 0 Å². The normalized spacial score (nSPS) is 24.0. The molecule has 2 nitrogen and oxygen atoms in total. The number of hydrogen-bond donors (Lipinski definition) is 1. The molecule has 0 radical (unpaired) electrons. The summed E-state index contributed by atoms with van der Waals surface area (Å²) in [6.07, 6.45) is 0. The number of Topliss-reactive ketones (excluding diaryl/α,β-unsaturated/α-hetero) is 1. The average Bonchev–Trinajstić information content (AvgIpc) is 2.45. The molecule has 2 N–H and O–H groups in total. The van der Waals surface area contributed by atoms with E-state index in [0.29, 0.717) is 0 Å². The van der Waals surface area contributed by atoms with Crippen molar-refractivity contribution in [1.82, 2.24) is 0 Å². The highest BCUT2D eigenvalue weighted by Crippen LogP contribution is 2.31. The summed E-state index contributed by atoms with van der Waals surface area (Å²) in [5, 5.41) is 0. The third-order valence-electron chi connectivity index (χ3n) is 2.52. The van der Waals surface area contributed by atoms with E-state index < -0.39 is 6.04 Å². The summed E-state index contributed by atoms with van der Waals surface area (Å²) < 4.78 is 0. The van der Waals surface area contributed by atoms with E-state index in [9.17, 15) is 4.79 Å². The Balaban J connectivity index is 2.56. The lowest BCUT2D eigenvalue weighted by molar-refractivity contribution is 0.0971. The van der Waals surface area contributed by atoms with Gasteiger partial charge >= 0.3 is 0 Å². The third kappa shape index (κ3) is 1.14. The van der Waals surface area contributed by atoms with E-state index in [1.165, 1.54) is 0 Å². The van der Waals surface area contributed by atoms with Gasteiger partial charge in [0.2, 0.25) is 0 Å². The van der Waals surface area contributed by atoms with Gasteiger partial charge in [-0.05, 0) is 12.5 Å². The van der Waals surface area contributed by atoms with Crippen LogP contribution in [0.15, 0.2) is 24.3 Å². The molecule has 0 saturated carbocycles. The van der Waals surface area contributed by atoms with Gasteiger partial charge in [-0.1, -0.05) is 30.2 Å². The van der Waals surface area contributed by atoms with Gasteiger partial charge in [0, 0.05) is 5.56 Å². The molecule has 2 unspecified atom stereocenters. The Bertz CT molecular complexity index is 439. The first-order valence-electron chi connectivity index (χ1n) is 4.56. The SMILES string of the molecule is CC#CC1c2ccccc2C(=O)C1N. The first kappa shape index (κ1) is 8.98. The number of rotatable bonds is 0. The molecule has 0 fully saturated rings. The van der Waals surface area contributed by atoms with Crippen molar-refractivity contribution in [3.63, 3.8) is 0 Å². The fraction of sp³-hybridized carbons (Fsp3) is 0.250. The van der Waals surface area contributed by atoms with Crippen LogP contribution in [0.4, 0.5) is 0 Å². The van der Waals surface area contributed by atoms with Crippen LogP contribution in [0.3, 0.4) is 0 Å². The minimum absolute atomic E-state index is 0.00773. The van der Waals surface area contributed by atoms with Crippen molar-refractivity contribution in [2.45, 2.75) is 18.9 Å². The molecule has 0 bridgehead atoms. The molecule has 1 aliphatic carbocycles. The summed E-state index contributed by atoms with van der Waals surface area (Å²) in [6.45, 7) is 1.76. The van der Waals surface area contributed by atoms with Gasteiger partial charge < -0.3 is 5.73 Å². The van der Waals surface area contributed by atoms with Gasteiger partial charge in [0.25, 0.3) is 0 Å². The monoisotopic (exact) mass is 185 g/mol. The van der Waals surface area contributed by atoms with Crippen molar-refractivity contribution in [1.29, 1.82) is 0 Å². The molecule has 0 aliphatic heterocycles. The van der Waals surface area contributed by atoms with E-state index in [1.54, 1.807) is 6.92 Å². The number of benzene rings is 1. The first-order valence-corrected chi connectivity index (χ1v) is 4.56.